The molecule has 2 amide bonds. The summed E-state index contributed by atoms with van der Waals surface area (Å²) in [5.41, 5.74) is 0.842. The van der Waals surface area contributed by atoms with E-state index in [1.54, 1.807) is 4.90 Å². The summed E-state index contributed by atoms with van der Waals surface area (Å²) in [7, 11) is 0. The van der Waals surface area contributed by atoms with Gasteiger partial charge < -0.3 is 14.5 Å². The molecule has 1 saturated carbocycles. The topological polar surface area (TPSA) is 53.1 Å². The minimum Gasteiger partial charge on any atom is -0.494 e. The molecule has 152 valence electrons. The first-order valence-electron chi connectivity index (χ1n) is 10.7. The molecule has 3 aliphatic rings. The van der Waals surface area contributed by atoms with Gasteiger partial charge in [0.05, 0.1) is 12.5 Å². The van der Waals surface area contributed by atoms with E-state index in [-0.39, 0.29) is 17.7 Å². The van der Waals surface area contributed by atoms with Crippen LogP contribution in [-0.2, 0) is 9.59 Å². The molecule has 2 saturated heterocycles. The van der Waals surface area contributed by atoms with E-state index >= 15 is 0 Å². The quantitative estimate of drug-likeness (QED) is 0.782. The summed E-state index contributed by atoms with van der Waals surface area (Å²) in [6.45, 7) is 6.58. The zero-order chi connectivity index (χ0) is 19.5. The SMILES string of the molecule is CCOc1ccc(N2C[C@H](C(=O)N3CCN(C4CCCC4)CC3)CC2=O)cc1. The summed E-state index contributed by atoms with van der Waals surface area (Å²) in [5.74, 6) is 0.753. The smallest absolute Gasteiger partial charge is 0.228 e. The maximum atomic E-state index is 13.0. The third-order valence-electron chi connectivity index (χ3n) is 6.40. The second kappa shape index (κ2) is 8.52. The lowest BCUT2D eigenvalue weighted by atomic mass is 10.1. The first-order valence-corrected chi connectivity index (χ1v) is 10.7. The van der Waals surface area contributed by atoms with Crippen LogP contribution in [0, 0.1) is 5.92 Å². The van der Waals surface area contributed by atoms with E-state index in [2.05, 4.69) is 4.90 Å². The molecule has 0 aromatic heterocycles. The summed E-state index contributed by atoms with van der Waals surface area (Å²) >= 11 is 0. The Morgan fingerprint density at radius 1 is 1.07 bits per heavy atom. The van der Waals surface area contributed by atoms with E-state index in [1.807, 2.05) is 36.1 Å². The van der Waals surface area contributed by atoms with Crippen molar-refractivity contribution in [3.05, 3.63) is 24.3 Å². The first-order chi connectivity index (χ1) is 13.7. The van der Waals surface area contributed by atoms with Crippen molar-refractivity contribution in [2.45, 2.75) is 45.1 Å². The molecular formula is C22H31N3O3. The Labute approximate surface area is 167 Å². The van der Waals surface area contributed by atoms with E-state index in [0.29, 0.717) is 19.6 Å². The van der Waals surface area contributed by atoms with Gasteiger partial charge in [0.1, 0.15) is 5.75 Å². The van der Waals surface area contributed by atoms with Crippen molar-refractivity contribution in [2.24, 2.45) is 5.92 Å². The number of rotatable bonds is 5. The highest BCUT2D eigenvalue weighted by Gasteiger charge is 2.38. The number of piperazine rings is 1. The molecule has 4 rings (SSSR count). The van der Waals surface area contributed by atoms with Gasteiger partial charge >= 0.3 is 0 Å². The van der Waals surface area contributed by atoms with Crippen LogP contribution in [0.4, 0.5) is 5.69 Å². The molecule has 1 aromatic carbocycles. The number of anilines is 1. The predicted octanol–water partition coefficient (Wildman–Crippen LogP) is 2.53. The lowest BCUT2D eigenvalue weighted by molar-refractivity contribution is -0.137. The van der Waals surface area contributed by atoms with Crippen molar-refractivity contribution in [1.29, 1.82) is 0 Å². The molecular weight excluding hydrogens is 354 g/mol. The molecule has 1 aliphatic carbocycles. The molecule has 28 heavy (non-hydrogen) atoms. The average Bonchev–Trinajstić information content (AvgIpc) is 3.39. The number of benzene rings is 1. The van der Waals surface area contributed by atoms with Crippen molar-refractivity contribution in [2.75, 3.05) is 44.2 Å². The molecule has 6 nitrogen and oxygen atoms in total. The highest BCUT2D eigenvalue weighted by molar-refractivity contribution is 6.00. The monoisotopic (exact) mass is 385 g/mol. The van der Waals surface area contributed by atoms with Crippen LogP contribution in [0.2, 0.25) is 0 Å². The summed E-state index contributed by atoms with van der Waals surface area (Å²) < 4.78 is 5.47. The average molecular weight is 386 g/mol. The molecule has 1 atom stereocenters. The molecule has 2 heterocycles. The van der Waals surface area contributed by atoms with Crippen molar-refractivity contribution >= 4 is 17.5 Å². The number of carbonyl (C=O) groups excluding carboxylic acids is 2. The molecule has 3 fully saturated rings. The van der Waals surface area contributed by atoms with E-state index < -0.39 is 0 Å². The minimum atomic E-state index is -0.225. The number of ether oxygens (including phenoxy) is 1. The number of amides is 2. The van der Waals surface area contributed by atoms with Crippen molar-refractivity contribution in [3.8, 4) is 5.75 Å². The standard InChI is InChI=1S/C22H31N3O3/c1-2-28-20-9-7-19(8-10-20)25-16-17(15-21(25)26)22(27)24-13-11-23(12-14-24)18-5-3-4-6-18/h7-10,17-18H,2-6,11-16H2,1H3/t17-/m1/s1. The van der Waals surface area contributed by atoms with Gasteiger partial charge in [-0.1, -0.05) is 12.8 Å². The maximum Gasteiger partial charge on any atom is 0.228 e. The zero-order valence-electron chi connectivity index (χ0n) is 16.8. The molecule has 0 N–H and O–H groups in total. The number of hydrogen-bond acceptors (Lipinski definition) is 4. The lowest BCUT2D eigenvalue weighted by Crippen LogP contribution is -2.52. The largest absolute Gasteiger partial charge is 0.494 e. The summed E-state index contributed by atoms with van der Waals surface area (Å²) in [6.07, 6.45) is 5.61. The molecule has 0 bridgehead atoms. The Kier molecular flexibility index (Phi) is 5.85. The van der Waals surface area contributed by atoms with Crippen LogP contribution in [0.5, 0.6) is 5.75 Å². The van der Waals surface area contributed by atoms with Gasteiger partial charge in [0.2, 0.25) is 11.8 Å². The lowest BCUT2D eigenvalue weighted by Gasteiger charge is -2.38. The molecule has 6 heteroatoms. The van der Waals surface area contributed by atoms with Crippen LogP contribution in [0.1, 0.15) is 39.0 Å². The number of carbonyl (C=O) groups is 2. The Hall–Kier alpha value is -2.08. The van der Waals surface area contributed by atoms with Gasteiger partial charge in [-0.3, -0.25) is 14.5 Å². The Balaban J connectivity index is 1.32. The minimum absolute atomic E-state index is 0.0344. The zero-order valence-corrected chi connectivity index (χ0v) is 16.8. The van der Waals surface area contributed by atoms with Gasteiger partial charge in [0, 0.05) is 50.9 Å². The van der Waals surface area contributed by atoms with E-state index in [0.717, 1.165) is 43.7 Å². The maximum absolute atomic E-state index is 13.0. The predicted molar refractivity (Wildman–Crippen MR) is 108 cm³/mol. The van der Waals surface area contributed by atoms with Gasteiger partial charge in [0.15, 0.2) is 0 Å². The van der Waals surface area contributed by atoms with Crippen LogP contribution in [0.15, 0.2) is 24.3 Å². The van der Waals surface area contributed by atoms with E-state index in [9.17, 15) is 9.59 Å². The second-order valence-corrected chi connectivity index (χ2v) is 8.13. The summed E-state index contributed by atoms with van der Waals surface area (Å²) in [5, 5.41) is 0. The van der Waals surface area contributed by atoms with Gasteiger partial charge in [-0.2, -0.15) is 0 Å². The van der Waals surface area contributed by atoms with Crippen molar-refractivity contribution in [1.82, 2.24) is 9.80 Å². The van der Waals surface area contributed by atoms with Crippen LogP contribution in [0.3, 0.4) is 0 Å². The Bertz CT molecular complexity index is 691. The fraction of sp³-hybridized carbons (Fsp3) is 0.636. The van der Waals surface area contributed by atoms with E-state index in [4.69, 9.17) is 4.74 Å². The molecule has 0 spiro atoms. The van der Waals surface area contributed by atoms with Gasteiger partial charge in [-0.15, -0.1) is 0 Å². The highest BCUT2D eigenvalue weighted by Crippen LogP contribution is 2.29. The van der Waals surface area contributed by atoms with Crippen LogP contribution < -0.4 is 9.64 Å². The third kappa shape index (κ3) is 4.02. The summed E-state index contributed by atoms with van der Waals surface area (Å²) in [6, 6.07) is 8.28. The normalized spacial score (nSPS) is 24.2. The molecule has 2 aliphatic heterocycles. The molecule has 0 radical (unpaired) electrons. The Morgan fingerprint density at radius 3 is 2.39 bits per heavy atom. The number of hydrogen-bond donors (Lipinski definition) is 0. The van der Waals surface area contributed by atoms with E-state index in [1.165, 1.54) is 25.7 Å². The fourth-order valence-corrected chi connectivity index (χ4v) is 4.85. The van der Waals surface area contributed by atoms with Gasteiger partial charge in [-0.05, 0) is 44.0 Å². The van der Waals surface area contributed by atoms with Crippen LogP contribution in [0.25, 0.3) is 0 Å². The summed E-state index contributed by atoms with van der Waals surface area (Å²) in [4.78, 5) is 31.8. The van der Waals surface area contributed by atoms with Crippen molar-refractivity contribution < 1.29 is 14.3 Å². The van der Waals surface area contributed by atoms with Crippen LogP contribution >= 0.6 is 0 Å². The van der Waals surface area contributed by atoms with Gasteiger partial charge in [-0.25, -0.2) is 0 Å². The third-order valence-corrected chi connectivity index (χ3v) is 6.40. The molecule has 1 aromatic rings. The molecule has 0 unspecified atom stereocenters. The highest BCUT2D eigenvalue weighted by atomic mass is 16.5. The fourth-order valence-electron chi connectivity index (χ4n) is 4.85. The van der Waals surface area contributed by atoms with Crippen LogP contribution in [-0.4, -0.2) is 67.0 Å². The number of nitrogens with zero attached hydrogens (tertiary/aromatic N) is 3. The first kappa shape index (κ1) is 19.2. The Morgan fingerprint density at radius 2 is 1.75 bits per heavy atom. The van der Waals surface area contributed by atoms with Crippen molar-refractivity contribution in [3.63, 3.8) is 0 Å². The second-order valence-electron chi connectivity index (χ2n) is 8.13. The van der Waals surface area contributed by atoms with Gasteiger partial charge in [0.25, 0.3) is 0 Å².